The van der Waals surface area contributed by atoms with E-state index < -0.39 is 0 Å². The van der Waals surface area contributed by atoms with Gasteiger partial charge in [-0.3, -0.25) is 0 Å². The Morgan fingerprint density at radius 3 is 0.990 bits per heavy atom. The van der Waals surface area contributed by atoms with Crippen molar-refractivity contribution in [1.82, 2.24) is 13.7 Å². The van der Waals surface area contributed by atoms with Crippen molar-refractivity contribution in [3.8, 4) is 39.3 Å². The molecule has 0 radical (unpaired) electrons. The number of hydrogen-bond donors (Lipinski definition) is 0. The number of fused-ring (bicyclic) bond motifs is 13. The zero-order valence-corrected chi connectivity index (χ0v) is 62.8. The van der Waals surface area contributed by atoms with E-state index in [1.165, 1.54) is 132 Å². The van der Waals surface area contributed by atoms with Crippen LogP contribution in [0.3, 0.4) is 0 Å². The lowest BCUT2D eigenvalue weighted by molar-refractivity contribution is 0.590. The number of benzene rings is 13. The first-order valence-electron chi connectivity index (χ1n) is 37.3. The Bertz CT molecular complexity index is 6110. The van der Waals surface area contributed by atoms with Crippen molar-refractivity contribution < 1.29 is 0 Å². The number of nitrogens with zero attached hydrogens (tertiary/aromatic N) is 5. The highest BCUT2D eigenvalue weighted by molar-refractivity contribution is 7.00. The van der Waals surface area contributed by atoms with Gasteiger partial charge in [-0.15, -0.1) is 0 Å². The standard InChI is InChI=1S/C98H90BN5/c1-94(2,3)63-39-47-83(73(51-63)61-29-19-16-20-30-61)103-89-57-69(101-85-49-41-65(96(7,8)9)53-75(85)76-54-66(97(10,11)12)42-50-86(76)101)43-45-79(89)99-80-46-44-70(102-82-38-28-26-36-72(82)78-59-77-71-35-25-27-37-81(71)100(87(77)60-88(78)102)68-33-23-18-24-34-68)58-90(80)104(92-56-67(98(13,14)15)55-91(103)93(92)99)84-48-40-64(95(4,5)6)52-74(84)62-31-21-17-22-32-62/h16-60H,1-15H3. The Morgan fingerprint density at radius 1 is 0.221 bits per heavy atom. The van der Waals surface area contributed by atoms with Gasteiger partial charge in [-0.2, -0.15) is 0 Å². The van der Waals surface area contributed by atoms with Gasteiger partial charge in [0.15, 0.2) is 0 Å². The van der Waals surface area contributed by atoms with Crippen molar-refractivity contribution >= 4 is 123 Å². The van der Waals surface area contributed by atoms with E-state index in [0.717, 1.165) is 50.8 Å². The summed E-state index contributed by atoms with van der Waals surface area (Å²) < 4.78 is 7.57. The second-order valence-electron chi connectivity index (χ2n) is 34.7. The summed E-state index contributed by atoms with van der Waals surface area (Å²) in [6.07, 6.45) is 0. The number of aromatic nitrogens is 3. The van der Waals surface area contributed by atoms with Crippen LogP contribution in [0, 0.1) is 0 Å². The van der Waals surface area contributed by atoms with E-state index in [0.29, 0.717) is 0 Å². The van der Waals surface area contributed by atoms with E-state index in [-0.39, 0.29) is 33.8 Å². The van der Waals surface area contributed by atoms with Gasteiger partial charge in [0.1, 0.15) is 0 Å². The fourth-order valence-corrected chi connectivity index (χ4v) is 17.1. The molecule has 510 valence electrons. The van der Waals surface area contributed by atoms with Crippen molar-refractivity contribution in [2.75, 3.05) is 9.80 Å². The molecule has 0 bridgehead atoms. The Balaban J connectivity index is 0.973. The van der Waals surface area contributed by atoms with Crippen molar-refractivity contribution in [3.05, 3.63) is 301 Å². The molecule has 0 unspecified atom stereocenters. The number of rotatable bonds is 7. The summed E-state index contributed by atoms with van der Waals surface area (Å²) in [6.45, 7) is 35.0. The number of hydrogen-bond acceptors (Lipinski definition) is 2. The average molecular weight is 1350 g/mol. The molecule has 2 aliphatic heterocycles. The lowest BCUT2D eigenvalue weighted by Crippen LogP contribution is -2.61. The Kier molecular flexibility index (Phi) is 14.5. The minimum absolute atomic E-state index is 0.0411. The van der Waals surface area contributed by atoms with Crippen molar-refractivity contribution in [3.63, 3.8) is 0 Å². The third kappa shape index (κ3) is 10.3. The quantitative estimate of drug-likeness (QED) is 0.148. The summed E-state index contributed by atoms with van der Waals surface area (Å²) in [5.74, 6) is 0. The summed E-state index contributed by atoms with van der Waals surface area (Å²) in [6, 6.07) is 105. The Hall–Kier alpha value is -11.1. The fraction of sp³-hybridized carbons (Fsp3) is 0.204. The van der Waals surface area contributed by atoms with E-state index in [9.17, 15) is 0 Å². The maximum Gasteiger partial charge on any atom is 0.252 e. The zero-order valence-electron chi connectivity index (χ0n) is 62.8. The molecule has 2 aliphatic rings. The molecule has 5 heterocycles. The van der Waals surface area contributed by atoms with Gasteiger partial charge in [0.05, 0.1) is 44.5 Å². The van der Waals surface area contributed by atoms with Gasteiger partial charge in [0.25, 0.3) is 6.71 Å². The van der Waals surface area contributed by atoms with Crippen LogP contribution >= 0.6 is 0 Å². The highest BCUT2D eigenvalue weighted by atomic mass is 15.2. The topological polar surface area (TPSA) is 21.3 Å². The van der Waals surface area contributed by atoms with Gasteiger partial charge < -0.3 is 23.5 Å². The molecule has 0 saturated heterocycles. The molecule has 0 saturated carbocycles. The second kappa shape index (κ2) is 23.2. The Labute approximate surface area is 613 Å². The van der Waals surface area contributed by atoms with E-state index in [1.807, 2.05) is 0 Å². The van der Waals surface area contributed by atoms with Crippen LogP contribution in [0.15, 0.2) is 273 Å². The van der Waals surface area contributed by atoms with Gasteiger partial charge in [0, 0.05) is 83.3 Å². The van der Waals surface area contributed by atoms with Crippen LogP contribution < -0.4 is 26.2 Å². The van der Waals surface area contributed by atoms with E-state index in [2.05, 4.69) is 400 Å². The van der Waals surface area contributed by atoms with Crippen molar-refractivity contribution in [1.29, 1.82) is 0 Å². The second-order valence-corrected chi connectivity index (χ2v) is 34.7. The minimum atomic E-state index is -0.281. The summed E-state index contributed by atoms with van der Waals surface area (Å²) >= 11 is 0. The molecular formula is C98H90BN5. The predicted molar refractivity (Wildman–Crippen MR) is 448 cm³/mol. The van der Waals surface area contributed by atoms with Gasteiger partial charge in [-0.1, -0.05) is 256 Å². The van der Waals surface area contributed by atoms with E-state index in [1.54, 1.807) is 0 Å². The van der Waals surface area contributed by atoms with Gasteiger partial charge >= 0.3 is 0 Å². The van der Waals surface area contributed by atoms with Gasteiger partial charge in [-0.05, 0) is 204 Å². The lowest BCUT2D eigenvalue weighted by Gasteiger charge is -2.46. The Morgan fingerprint density at radius 2 is 0.567 bits per heavy atom. The third-order valence-corrected chi connectivity index (χ3v) is 22.8. The molecule has 5 nitrogen and oxygen atoms in total. The summed E-state index contributed by atoms with van der Waals surface area (Å²) in [7, 11) is 0. The SMILES string of the molecule is CC(C)(C)c1ccc(N2c3cc(-n4c5ccc(C(C)(C)C)cc5c5cc(C(C)(C)C)ccc54)ccc3B3c4ccc(-n5c6ccccc6c6cc7c8ccccc8n(-c8ccccc8)c7cc65)cc4N(c4ccc(C(C)(C)C)cc4-c4ccccc4)c4cc(C(C)(C)C)cc2c43)c(-c2ccccc2)c1. The fourth-order valence-electron chi connectivity index (χ4n) is 17.1. The third-order valence-electron chi connectivity index (χ3n) is 22.8. The molecule has 18 rings (SSSR count). The molecule has 0 N–H and O–H groups in total. The predicted octanol–water partition coefficient (Wildman–Crippen LogP) is 24.9. The summed E-state index contributed by atoms with van der Waals surface area (Å²) in [5, 5.41) is 7.47. The maximum atomic E-state index is 2.69. The van der Waals surface area contributed by atoms with Gasteiger partial charge in [0.2, 0.25) is 0 Å². The van der Waals surface area contributed by atoms with E-state index >= 15 is 0 Å². The molecular weight excluding hydrogens is 1260 g/mol. The van der Waals surface area contributed by atoms with Crippen LogP contribution in [0.1, 0.15) is 132 Å². The first-order chi connectivity index (χ1) is 49.8. The van der Waals surface area contributed by atoms with Crippen LogP contribution in [-0.2, 0) is 27.1 Å². The molecule has 0 fully saturated rings. The van der Waals surface area contributed by atoms with E-state index in [4.69, 9.17) is 0 Å². The van der Waals surface area contributed by atoms with Crippen molar-refractivity contribution in [2.24, 2.45) is 0 Å². The lowest BCUT2D eigenvalue weighted by atomic mass is 9.33. The monoisotopic (exact) mass is 1350 g/mol. The minimum Gasteiger partial charge on any atom is -0.311 e. The molecule has 13 aromatic carbocycles. The summed E-state index contributed by atoms with van der Waals surface area (Å²) in [4.78, 5) is 5.37. The highest BCUT2D eigenvalue weighted by Gasteiger charge is 2.46. The molecule has 0 atom stereocenters. The first-order valence-corrected chi connectivity index (χ1v) is 37.3. The normalized spacial score (nSPS) is 13.5. The highest BCUT2D eigenvalue weighted by Crippen LogP contribution is 2.53. The number of para-hydroxylation sites is 3. The largest absolute Gasteiger partial charge is 0.311 e. The average Bonchev–Trinajstić information content (AvgIpc) is 0.882. The molecule has 0 amide bonds. The summed E-state index contributed by atoms with van der Waals surface area (Å²) in [5.41, 5.74) is 31.8. The van der Waals surface area contributed by atoms with Crippen LogP contribution in [0.2, 0.25) is 0 Å². The van der Waals surface area contributed by atoms with Crippen LogP contribution in [0.4, 0.5) is 34.1 Å². The molecule has 16 aromatic rings. The maximum absolute atomic E-state index is 2.69. The van der Waals surface area contributed by atoms with Crippen molar-refractivity contribution in [2.45, 2.75) is 131 Å². The molecule has 0 spiro atoms. The molecule has 6 heteroatoms. The zero-order chi connectivity index (χ0) is 71.8. The first kappa shape index (κ1) is 65.0. The van der Waals surface area contributed by atoms with Crippen LogP contribution in [0.5, 0.6) is 0 Å². The van der Waals surface area contributed by atoms with Crippen LogP contribution in [-0.4, -0.2) is 20.4 Å². The molecule has 3 aromatic heterocycles. The van der Waals surface area contributed by atoms with Crippen LogP contribution in [0.25, 0.3) is 105 Å². The molecule has 104 heavy (non-hydrogen) atoms. The molecule has 0 aliphatic carbocycles. The number of anilines is 6. The smallest absolute Gasteiger partial charge is 0.252 e. The van der Waals surface area contributed by atoms with Gasteiger partial charge in [-0.25, -0.2) is 0 Å².